The van der Waals surface area contributed by atoms with Crippen molar-refractivity contribution in [3.05, 3.63) is 21.3 Å². The molecule has 2 heterocycles. The third-order valence-electron chi connectivity index (χ3n) is 2.74. The summed E-state index contributed by atoms with van der Waals surface area (Å²) >= 11 is 7.39. The molecule has 0 aromatic carbocycles. The van der Waals surface area contributed by atoms with E-state index in [1.54, 1.807) is 4.90 Å². The van der Waals surface area contributed by atoms with E-state index in [0.717, 1.165) is 35.4 Å². The molecule has 0 aliphatic carbocycles. The summed E-state index contributed by atoms with van der Waals surface area (Å²) in [5.74, 6) is 0. The Bertz CT molecular complexity index is 390. The quantitative estimate of drug-likeness (QED) is 0.893. The maximum absolute atomic E-state index is 12.1. The van der Waals surface area contributed by atoms with Crippen LogP contribution in [0.3, 0.4) is 0 Å². The number of urea groups is 1. The van der Waals surface area contributed by atoms with Crippen LogP contribution in [0.2, 0.25) is 4.34 Å². The minimum atomic E-state index is 0.0935. The Hall–Kier alpha value is -0.780. The summed E-state index contributed by atoms with van der Waals surface area (Å²) < 4.78 is 0.767. The Morgan fingerprint density at radius 1 is 1.53 bits per heavy atom. The van der Waals surface area contributed by atoms with Gasteiger partial charge in [-0.2, -0.15) is 0 Å². The summed E-state index contributed by atoms with van der Waals surface area (Å²) in [7, 11) is 1.83. The number of piperazine rings is 1. The number of hydrogen-bond acceptors (Lipinski definition) is 3. The Labute approximate surface area is 110 Å². The van der Waals surface area contributed by atoms with Crippen molar-refractivity contribution in [1.29, 1.82) is 0 Å². The number of amides is 2. The number of rotatable bonds is 2. The molecule has 17 heavy (non-hydrogen) atoms. The first kappa shape index (κ1) is 12.7. The van der Waals surface area contributed by atoms with Gasteiger partial charge >= 0.3 is 6.03 Å². The van der Waals surface area contributed by atoms with Crippen LogP contribution in [0.5, 0.6) is 0 Å². The molecule has 6 heteroatoms. The average molecular weight is 274 g/mol. The van der Waals surface area contributed by atoms with Crippen LogP contribution in [0, 0.1) is 0 Å². The maximum atomic E-state index is 12.1. The smallest absolute Gasteiger partial charge is 0.320 e. The molecule has 1 aromatic rings. The van der Waals surface area contributed by atoms with E-state index in [1.807, 2.05) is 24.1 Å². The molecule has 1 N–H and O–H groups in total. The van der Waals surface area contributed by atoms with Gasteiger partial charge in [0.2, 0.25) is 0 Å². The topological polar surface area (TPSA) is 35.6 Å². The molecule has 0 atom stereocenters. The number of nitrogens with zero attached hydrogens (tertiary/aromatic N) is 2. The zero-order valence-electron chi connectivity index (χ0n) is 9.78. The highest BCUT2D eigenvalue weighted by Crippen LogP contribution is 2.22. The normalized spacial score (nSPS) is 16.0. The molecule has 4 nitrogen and oxygen atoms in total. The number of hydrogen-bond donors (Lipinski definition) is 1. The highest BCUT2D eigenvalue weighted by molar-refractivity contribution is 7.16. The number of carbonyl (C=O) groups is 1. The lowest BCUT2D eigenvalue weighted by Crippen LogP contribution is -2.50. The largest absolute Gasteiger partial charge is 0.323 e. The fraction of sp³-hybridized carbons (Fsp3) is 0.545. The predicted molar refractivity (Wildman–Crippen MR) is 70.6 cm³/mol. The van der Waals surface area contributed by atoms with Crippen molar-refractivity contribution < 1.29 is 4.79 Å². The first-order valence-electron chi connectivity index (χ1n) is 5.62. The van der Waals surface area contributed by atoms with E-state index in [4.69, 9.17) is 11.6 Å². The Kier molecular flexibility index (Phi) is 4.25. The van der Waals surface area contributed by atoms with E-state index in [1.165, 1.54) is 11.3 Å². The van der Waals surface area contributed by atoms with Crippen molar-refractivity contribution in [3.8, 4) is 0 Å². The molecule has 1 aliphatic rings. The third-order valence-corrected chi connectivity index (χ3v) is 3.95. The average Bonchev–Trinajstić information content (AvgIpc) is 2.75. The molecule has 94 valence electrons. The first-order chi connectivity index (χ1) is 8.16. The van der Waals surface area contributed by atoms with Crippen LogP contribution in [-0.4, -0.2) is 49.1 Å². The van der Waals surface area contributed by atoms with Crippen LogP contribution in [0.4, 0.5) is 4.79 Å². The van der Waals surface area contributed by atoms with E-state index in [2.05, 4.69) is 5.32 Å². The van der Waals surface area contributed by atoms with Gasteiger partial charge in [-0.3, -0.25) is 0 Å². The van der Waals surface area contributed by atoms with Gasteiger partial charge in [0, 0.05) is 38.1 Å². The number of thiophene rings is 1. The molecule has 2 rings (SSSR count). The molecule has 0 unspecified atom stereocenters. The Morgan fingerprint density at radius 3 is 2.82 bits per heavy atom. The molecule has 1 aromatic heterocycles. The standard InChI is InChI=1S/C11H16ClN3OS/c1-14(8-9-2-3-10(12)17-9)11(16)15-6-4-13-5-7-15/h2-3,13H,4-8H2,1H3. The van der Waals surface area contributed by atoms with Gasteiger partial charge in [-0.05, 0) is 12.1 Å². The second kappa shape index (κ2) is 5.71. The second-order valence-corrected chi connectivity index (χ2v) is 5.88. The van der Waals surface area contributed by atoms with Crippen molar-refractivity contribution >= 4 is 29.0 Å². The fourth-order valence-electron chi connectivity index (χ4n) is 1.84. The molecule has 0 bridgehead atoms. The molecule has 1 saturated heterocycles. The van der Waals surface area contributed by atoms with Crippen molar-refractivity contribution in [1.82, 2.24) is 15.1 Å². The number of nitrogens with one attached hydrogen (secondary N) is 1. The minimum Gasteiger partial charge on any atom is -0.323 e. The van der Waals surface area contributed by atoms with Gasteiger partial charge in [-0.1, -0.05) is 11.6 Å². The second-order valence-electron chi connectivity index (χ2n) is 4.08. The lowest BCUT2D eigenvalue weighted by molar-refractivity contribution is 0.154. The number of halogens is 1. The van der Waals surface area contributed by atoms with E-state index in [-0.39, 0.29) is 6.03 Å². The summed E-state index contributed by atoms with van der Waals surface area (Å²) in [5, 5.41) is 3.23. The Balaban J connectivity index is 1.90. The first-order valence-corrected chi connectivity index (χ1v) is 6.81. The lowest BCUT2D eigenvalue weighted by atomic mass is 10.4. The van der Waals surface area contributed by atoms with E-state index in [0.29, 0.717) is 6.54 Å². The third kappa shape index (κ3) is 3.34. The molecule has 1 fully saturated rings. The van der Waals surface area contributed by atoms with Gasteiger partial charge in [-0.25, -0.2) is 4.79 Å². The van der Waals surface area contributed by atoms with Crippen LogP contribution >= 0.6 is 22.9 Å². The summed E-state index contributed by atoms with van der Waals surface area (Å²) in [4.78, 5) is 16.8. The van der Waals surface area contributed by atoms with Crippen molar-refractivity contribution in [2.45, 2.75) is 6.54 Å². The summed E-state index contributed by atoms with van der Waals surface area (Å²) in [6.07, 6.45) is 0. The summed E-state index contributed by atoms with van der Waals surface area (Å²) in [6.45, 7) is 3.96. The predicted octanol–water partition coefficient (Wildman–Crippen LogP) is 1.86. The number of carbonyl (C=O) groups excluding carboxylic acids is 1. The van der Waals surface area contributed by atoms with E-state index in [9.17, 15) is 4.79 Å². The molecular weight excluding hydrogens is 258 g/mol. The maximum Gasteiger partial charge on any atom is 0.320 e. The molecule has 2 amide bonds. The van der Waals surface area contributed by atoms with Crippen LogP contribution in [0.1, 0.15) is 4.88 Å². The van der Waals surface area contributed by atoms with Gasteiger partial charge < -0.3 is 15.1 Å². The highest BCUT2D eigenvalue weighted by atomic mass is 35.5. The summed E-state index contributed by atoms with van der Waals surface area (Å²) in [5.41, 5.74) is 0. The van der Waals surface area contributed by atoms with Crippen molar-refractivity contribution in [3.63, 3.8) is 0 Å². The molecule has 0 saturated carbocycles. The van der Waals surface area contributed by atoms with E-state index < -0.39 is 0 Å². The van der Waals surface area contributed by atoms with Gasteiger partial charge in [0.15, 0.2) is 0 Å². The molecule has 1 aliphatic heterocycles. The van der Waals surface area contributed by atoms with Crippen molar-refractivity contribution in [2.75, 3.05) is 33.2 Å². The molecular formula is C11H16ClN3OS. The van der Waals surface area contributed by atoms with Gasteiger partial charge in [0.1, 0.15) is 0 Å². The van der Waals surface area contributed by atoms with Crippen LogP contribution in [-0.2, 0) is 6.54 Å². The van der Waals surface area contributed by atoms with Gasteiger partial charge in [0.25, 0.3) is 0 Å². The van der Waals surface area contributed by atoms with Gasteiger partial charge in [0.05, 0.1) is 10.9 Å². The van der Waals surface area contributed by atoms with Crippen LogP contribution in [0.25, 0.3) is 0 Å². The molecule has 0 spiro atoms. The SMILES string of the molecule is CN(Cc1ccc(Cl)s1)C(=O)N1CCNCC1. The zero-order valence-corrected chi connectivity index (χ0v) is 11.4. The minimum absolute atomic E-state index is 0.0935. The highest BCUT2D eigenvalue weighted by Gasteiger charge is 2.19. The Morgan fingerprint density at radius 2 is 2.24 bits per heavy atom. The fourth-order valence-corrected chi connectivity index (χ4v) is 2.98. The lowest BCUT2D eigenvalue weighted by Gasteiger charge is -2.31. The van der Waals surface area contributed by atoms with E-state index >= 15 is 0 Å². The molecule has 0 radical (unpaired) electrons. The van der Waals surface area contributed by atoms with Crippen molar-refractivity contribution in [2.24, 2.45) is 0 Å². The van der Waals surface area contributed by atoms with Gasteiger partial charge in [-0.15, -0.1) is 11.3 Å². The van der Waals surface area contributed by atoms with Crippen LogP contribution in [0.15, 0.2) is 12.1 Å². The summed E-state index contributed by atoms with van der Waals surface area (Å²) in [6, 6.07) is 3.93. The monoisotopic (exact) mass is 273 g/mol. The zero-order chi connectivity index (χ0) is 12.3. The van der Waals surface area contributed by atoms with Crippen LogP contribution < -0.4 is 5.32 Å².